The third kappa shape index (κ3) is 1.97. The standard InChI is InChI=1S/C13H16N4O/c14-13-15-11-6-2-1-5-10(11)12(16-13)17-7-3-4-9(18)8-17/h1-2,5-6,9,18H,3-4,7-8H2,(H2,14,15,16). The van der Waals surface area contributed by atoms with Crippen LogP contribution in [0.5, 0.6) is 0 Å². The van der Waals surface area contributed by atoms with Crippen molar-refractivity contribution in [3.8, 4) is 0 Å². The zero-order valence-electron chi connectivity index (χ0n) is 10.1. The van der Waals surface area contributed by atoms with E-state index in [1.54, 1.807) is 0 Å². The number of nitrogens with two attached hydrogens (primary N) is 1. The molecule has 94 valence electrons. The summed E-state index contributed by atoms with van der Waals surface area (Å²) in [5.74, 6) is 1.11. The fraction of sp³-hybridized carbons (Fsp3) is 0.385. The predicted molar refractivity (Wildman–Crippen MR) is 71.4 cm³/mol. The Morgan fingerprint density at radius 2 is 2.11 bits per heavy atom. The summed E-state index contributed by atoms with van der Waals surface area (Å²) >= 11 is 0. The normalized spacial score (nSPS) is 20.3. The fourth-order valence-electron chi connectivity index (χ4n) is 2.47. The third-order valence-corrected chi connectivity index (χ3v) is 3.30. The van der Waals surface area contributed by atoms with Gasteiger partial charge in [0.25, 0.3) is 0 Å². The van der Waals surface area contributed by atoms with Crippen LogP contribution < -0.4 is 10.6 Å². The van der Waals surface area contributed by atoms with Crippen LogP contribution in [0.1, 0.15) is 12.8 Å². The van der Waals surface area contributed by atoms with Crippen molar-refractivity contribution in [2.24, 2.45) is 0 Å². The van der Waals surface area contributed by atoms with Crippen molar-refractivity contribution in [2.45, 2.75) is 18.9 Å². The van der Waals surface area contributed by atoms with Gasteiger partial charge >= 0.3 is 0 Å². The highest BCUT2D eigenvalue weighted by atomic mass is 16.3. The lowest BCUT2D eigenvalue weighted by Gasteiger charge is -2.31. The first kappa shape index (κ1) is 11.2. The molecule has 0 radical (unpaired) electrons. The number of aliphatic hydroxyl groups excluding tert-OH is 1. The van der Waals surface area contributed by atoms with Crippen LogP contribution in [0.3, 0.4) is 0 Å². The average Bonchev–Trinajstić information content (AvgIpc) is 2.37. The molecule has 1 unspecified atom stereocenters. The van der Waals surface area contributed by atoms with E-state index in [2.05, 4.69) is 14.9 Å². The van der Waals surface area contributed by atoms with Crippen LogP contribution in [-0.2, 0) is 0 Å². The summed E-state index contributed by atoms with van der Waals surface area (Å²) < 4.78 is 0. The fourth-order valence-corrected chi connectivity index (χ4v) is 2.47. The second-order valence-corrected chi connectivity index (χ2v) is 4.66. The van der Waals surface area contributed by atoms with E-state index < -0.39 is 0 Å². The van der Waals surface area contributed by atoms with Crippen molar-refractivity contribution < 1.29 is 5.11 Å². The van der Waals surface area contributed by atoms with Gasteiger partial charge in [-0.1, -0.05) is 12.1 Å². The molecule has 0 saturated carbocycles. The number of β-amino-alcohol motifs (C(OH)–C–C–N with tert-alkyl or cyclic N) is 1. The van der Waals surface area contributed by atoms with Crippen LogP contribution in [0, 0.1) is 0 Å². The molecule has 1 aromatic carbocycles. The lowest BCUT2D eigenvalue weighted by atomic mass is 10.1. The monoisotopic (exact) mass is 244 g/mol. The number of hydrogen-bond donors (Lipinski definition) is 2. The molecular formula is C13H16N4O. The minimum Gasteiger partial charge on any atom is -0.391 e. The zero-order chi connectivity index (χ0) is 12.5. The van der Waals surface area contributed by atoms with E-state index in [0.29, 0.717) is 6.54 Å². The van der Waals surface area contributed by atoms with Gasteiger partial charge < -0.3 is 15.7 Å². The lowest BCUT2D eigenvalue weighted by Crippen LogP contribution is -2.39. The third-order valence-electron chi connectivity index (χ3n) is 3.30. The summed E-state index contributed by atoms with van der Waals surface area (Å²) in [4.78, 5) is 10.7. The van der Waals surface area contributed by atoms with Gasteiger partial charge in [0, 0.05) is 18.5 Å². The van der Waals surface area contributed by atoms with Gasteiger partial charge in [-0.05, 0) is 25.0 Å². The summed E-state index contributed by atoms with van der Waals surface area (Å²) in [6, 6.07) is 7.82. The number of nitrogens with zero attached hydrogens (tertiary/aromatic N) is 3. The molecule has 2 aromatic rings. The molecule has 1 atom stereocenters. The van der Waals surface area contributed by atoms with E-state index in [1.165, 1.54) is 0 Å². The first-order valence-corrected chi connectivity index (χ1v) is 6.19. The maximum absolute atomic E-state index is 9.77. The SMILES string of the molecule is Nc1nc(N2CCCC(O)C2)c2ccccc2n1. The largest absolute Gasteiger partial charge is 0.391 e. The number of fused-ring (bicyclic) bond motifs is 1. The summed E-state index contributed by atoms with van der Waals surface area (Å²) in [7, 11) is 0. The molecule has 0 amide bonds. The number of benzene rings is 1. The van der Waals surface area contributed by atoms with Gasteiger partial charge in [-0.25, -0.2) is 4.98 Å². The van der Waals surface area contributed by atoms with Gasteiger partial charge in [-0.15, -0.1) is 0 Å². The van der Waals surface area contributed by atoms with Crippen molar-refractivity contribution in [1.29, 1.82) is 0 Å². The molecule has 5 heteroatoms. The van der Waals surface area contributed by atoms with Crippen LogP contribution >= 0.6 is 0 Å². The van der Waals surface area contributed by atoms with Crippen LogP contribution in [0.4, 0.5) is 11.8 Å². The van der Waals surface area contributed by atoms with E-state index in [1.807, 2.05) is 24.3 Å². The Labute approximate surface area is 105 Å². The second kappa shape index (κ2) is 4.42. The van der Waals surface area contributed by atoms with Gasteiger partial charge in [-0.3, -0.25) is 0 Å². The van der Waals surface area contributed by atoms with Gasteiger partial charge in [0.2, 0.25) is 5.95 Å². The topological polar surface area (TPSA) is 75.3 Å². The molecule has 1 saturated heterocycles. The van der Waals surface area contributed by atoms with Crippen molar-refractivity contribution in [1.82, 2.24) is 9.97 Å². The van der Waals surface area contributed by atoms with Crippen LogP contribution in [0.15, 0.2) is 24.3 Å². The van der Waals surface area contributed by atoms with Crippen LogP contribution in [0.2, 0.25) is 0 Å². The summed E-state index contributed by atoms with van der Waals surface area (Å²) in [6.07, 6.45) is 1.54. The van der Waals surface area contributed by atoms with Crippen LogP contribution in [-0.4, -0.2) is 34.3 Å². The van der Waals surface area contributed by atoms with Gasteiger partial charge in [0.05, 0.1) is 11.6 Å². The predicted octanol–water partition coefficient (Wildman–Crippen LogP) is 1.17. The maximum atomic E-state index is 9.77. The molecule has 1 aromatic heterocycles. The second-order valence-electron chi connectivity index (χ2n) is 4.66. The number of piperidine rings is 1. The van der Waals surface area contributed by atoms with Crippen molar-refractivity contribution >= 4 is 22.7 Å². The molecule has 1 aliphatic heterocycles. The molecule has 5 nitrogen and oxygen atoms in total. The van der Waals surface area contributed by atoms with Crippen LogP contribution in [0.25, 0.3) is 10.9 Å². The Bertz CT molecular complexity index is 572. The Morgan fingerprint density at radius 3 is 2.94 bits per heavy atom. The smallest absolute Gasteiger partial charge is 0.222 e. The van der Waals surface area contributed by atoms with Crippen molar-refractivity contribution in [3.63, 3.8) is 0 Å². The highest BCUT2D eigenvalue weighted by molar-refractivity contribution is 5.90. The van der Waals surface area contributed by atoms with E-state index in [0.717, 1.165) is 36.1 Å². The average molecular weight is 244 g/mol. The molecule has 0 spiro atoms. The quantitative estimate of drug-likeness (QED) is 0.787. The van der Waals surface area contributed by atoms with Gasteiger partial charge in [0.15, 0.2) is 0 Å². The number of para-hydroxylation sites is 1. The highest BCUT2D eigenvalue weighted by Crippen LogP contribution is 2.26. The molecular weight excluding hydrogens is 228 g/mol. The van der Waals surface area contributed by atoms with E-state index >= 15 is 0 Å². The Hall–Kier alpha value is -1.88. The lowest BCUT2D eigenvalue weighted by molar-refractivity contribution is 0.154. The van der Waals surface area contributed by atoms with E-state index in [9.17, 15) is 5.11 Å². The molecule has 3 N–H and O–H groups in total. The molecule has 2 heterocycles. The first-order chi connectivity index (χ1) is 8.74. The number of aliphatic hydroxyl groups is 1. The molecule has 0 bridgehead atoms. The number of rotatable bonds is 1. The zero-order valence-corrected chi connectivity index (χ0v) is 10.1. The Balaban J connectivity index is 2.09. The van der Waals surface area contributed by atoms with E-state index in [4.69, 9.17) is 5.73 Å². The minimum absolute atomic E-state index is 0.281. The Kier molecular flexibility index (Phi) is 2.76. The summed E-state index contributed by atoms with van der Waals surface area (Å²) in [5, 5.41) is 10.8. The molecule has 1 fully saturated rings. The maximum Gasteiger partial charge on any atom is 0.222 e. The number of aromatic nitrogens is 2. The summed E-state index contributed by atoms with van der Waals surface area (Å²) in [6.45, 7) is 1.51. The minimum atomic E-state index is -0.284. The molecule has 3 rings (SSSR count). The Morgan fingerprint density at radius 1 is 1.28 bits per heavy atom. The van der Waals surface area contributed by atoms with Gasteiger partial charge in [-0.2, -0.15) is 4.98 Å². The van der Waals surface area contributed by atoms with Gasteiger partial charge in [0.1, 0.15) is 5.82 Å². The van der Waals surface area contributed by atoms with Crippen molar-refractivity contribution in [3.05, 3.63) is 24.3 Å². The number of hydrogen-bond acceptors (Lipinski definition) is 5. The summed E-state index contributed by atoms with van der Waals surface area (Å²) in [5.41, 5.74) is 6.60. The van der Waals surface area contributed by atoms with Crippen molar-refractivity contribution in [2.75, 3.05) is 23.7 Å². The number of anilines is 2. The highest BCUT2D eigenvalue weighted by Gasteiger charge is 2.21. The molecule has 18 heavy (non-hydrogen) atoms. The van der Waals surface area contributed by atoms with E-state index in [-0.39, 0.29) is 12.1 Å². The number of nitrogen functional groups attached to an aromatic ring is 1. The molecule has 0 aliphatic carbocycles. The first-order valence-electron chi connectivity index (χ1n) is 6.19. The molecule has 1 aliphatic rings.